The third-order valence-corrected chi connectivity index (χ3v) is 2.57. The van der Waals surface area contributed by atoms with Gasteiger partial charge in [-0.25, -0.2) is 0 Å². The highest BCUT2D eigenvalue weighted by molar-refractivity contribution is 6.56. The van der Waals surface area contributed by atoms with Crippen LogP contribution in [-0.2, 0) is 0 Å². The summed E-state index contributed by atoms with van der Waals surface area (Å²) in [6.45, 7) is 10.3. The lowest BCUT2D eigenvalue weighted by Gasteiger charge is -2.22. The Hall–Kier alpha value is -1.38. The van der Waals surface area contributed by atoms with E-state index in [1.807, 2.05) is 24.3 Å². The molecule has 0 fully saturated rings. The Morgan fingerprint density at radius 1 is 1.13 bits per heavy atom. The summed E-state index contributed by atoms with van der Waals surface area (Å²) in [5.74, 6) is 1.60. The van der Waals surface area contributed by atoms with E-state index < -0.39 is 0 Å². The van der Waals surface area contributed by atoms with Gasteiger partial charge in [0.1, 0.15) is 11.5 Å². The second kappa shape index (κ2) is 3.33. The van der Waals surface area contributed by atoms with Crippen molar-refractivity contribution in [1.29, 1.82) is 0 Å². The number of hydrogen-bond donors (Lipinski definition) is 0. The molecule has 1 aromatic rings. The van der Waals surface area contributed by atoms with Crippen molar-refractivity contribution in [1.82, 2.24) is 0 Å². The zero-order valence-corrected chi connectivity index (χ0v) is 9.41. The van der Waals surface area contributed by atoms with Crippen LogP contribution in [0.1, 0.15) is 20.8 Å². The van der Waals surface area contributed by atoms with Crippen molar-refractivity contribution in [2.75, 3.05) is 0 Å². The summed E-state index contributed by atoms with van der Waals surface area (Å²) in [6, 6.07) is 7.69. The molecule has 1 aromatic carbocycles. The Labute approximate surface area is 91.0 Å². The highest BCUT2D eigenvalue weighted by atomic mass is 16.6. The molecule has 2 rings (SSSR count). The molecular formula is C12H15BO2. The van der Waals surface area contributed by atoms with Crippen LogP contribution in [0.25, 0.3) is 0 Å². The van der Waals surface area contributed by atoms with E-state index in [1.165, 1.54) is 0 Å². The van der Waals surface area contributed by atoms with Crippen LogP contribution < -0.4 is 9.31 Å². The van der Waals surface area contributed by atoms with E-state index in [1.54, 1.807) is 0 Å². The van der Waals surface area contributed by atoms with Gasteiger partial charge in [-0.2, -0.15) is 0 Å². The number of para-hydroxylation sites is 2. The van der Waals surface area contributed by atoms with Crippen molar-refractivity contribution < 1.29 is 9.31 Å². The van der Waals surface area contributed by atoms with Crippen molar-refractivity contribution in [3.63, 3.8) is 0 Å². The van der Waals surface area contributed by atoms with E-state index in [2.05, 4.69) is 27.4 Å². The van der Waals surface area contributed by atoms with Crippen molar-refractivity contribution >= 4 is 7.12 Å². The molecule has 0 saturated heterocycles. The minimum Gasteiger partial charge on any atom is -0.519 e. The molecule has 0 aromatic heterocycles. The first-order valence-corrected chi connectivity index (χ1v) is 5.10. The Bertz CT molecular complexity index is 368. The molecule has 0 N–H and O–H groups in total. The highest BCUT2D eigenvalue weighted by Crippen LogP contribution is 2.37. The van der Waals surface area contributed by atoms with E-state index in [0.717, 1.165) is 17.0 Å². The molecular weight excluding hydrogens is 187 g/mol. The number of hydrogen-bond acceptors (Lipinski definition) is 2. The highest BCUT2D eigenvalue weighted by Gasteiger charge is 2.39. The summed E-state index contributed by atoms with van der Waals surface area (Å²) in [6.07, 6.45) is 0. The van der Waals surface area contributed by atoms with Crippen LogP contribution in [-0.4, -0.2) is 7.12 Å². The first kappa shape index (κ1) is 10.2. The van der Waals surface area contributed by atoms with E-state index in [0.29, 0.717) is 0 Å². The number of benzene rings is 1. The van der Waals surface area contributed by atoms with Crippen molar-refractivity contribution in [2.45, 2.75) is 20.8 Å². The molecule has 1 aliphatic rings. The molecule has 1 heterocycles. The van der Waals surface area contributed by atoms with Gasteiger partial charge in [-0.05, 0) is 23.0 Å². The SMILES string of the molecule is C=C(B1Oc2ccccc2O1)C(C)(C)C. The summed E-state index contributed by atoms with van der Waals surface area (Å²) in [4.78, 5) is 0. The molecule has 15 heavy (non-hydrogen) atoms. The second-order valence-corrected chi connectivity index (χ2v) is 4.79. The molecule has 0 aliphatic carbocycles. The van der Waals surface area contributed by atoms with Gasteiger partial charge >= 0.3 is 7.12 Å². The van der Waals surface area contributed by atoms with Gasteiger partial charge in [-0.15, -0.1) is 6.58 Å². The van der Waals surface area contributed by atoms with Crippen molar-refractivity contribution in [3.05, 3.63) is 36.3 Å². The Morgan fingerprint density at radius 3 is 2.00 bits per heavy atom. The Balaban J connectivity index is 2.17. The zero-order valence-electron chi connectivity index (χ0n) is 9.41. The lowest BCUT2D eigenvalue weighted by atomic mass is 9.66. The summed E-state index contributed by atoms with van der Waals surface area (Å²) in [7, 11) is -0.345. The Kier molecular flexibility index (Phi) is 2.26. The molecule has 0 radical (unpaired) electrons. The van der Waals surface area contributed by atoms with Crippen LogP contribution in [0.4, 0.5) is 0 Å². The van der Waals surface area contributed by atoms with Gasteiger partial charge in [0, 0.05) is 0 Å². The number of rotatable bonds is 1. The van der Waals surface area contributed by atoms with Gasteiger partial charge < -0.3 is 9.31 Å². The zero-order chi connectivity index (χ0) is 11.1. The summed E-state index contributed by atoms with van der Waals surface area (Å²) in [5.41, 5.74) is 0.950. The van der Waals surface area contributed by atoms with E-state index in [9.17, 15) is 0 Å². The lowest BCUT2D eigenvalue weighted by Crippen LogP contribution is -2.33. The van der Waals surface area contributed by atoms with Crippen LogP contribution >= 0.6 is 0 Å². The van der Waals surface area contributed by atoms with Gasteiger partial charge in [0.2, 0.25) is 0 Å². The van der Waals surface area contributed by atoms with Gasteiger partial charge in [-0.3, -0.25) is 0 Å². The topological polar surface area (TPSA) is 18.5 Å². The monoisotopic (exact) mass is 202 g/mol. The maximum atomic E-state index is 5.67. The molecule has 0 amide bonds. The fraction of sp³-hybridized carbons (Fsp3) is 0.333. The maximum Gasteiger partial charge on any atom is 0.628 e. The van der Waals surface area contributed by atoms with Crippen LogP contribution in [0.3, 0.4) is 0 Å². The summed E-state index contributed by atoms with van der Waals surface area (Å²) in [5, 5.41) is 0. The van der Waals surface area contributed by atoms with Crippen LogP contribution in [0.5, 0.6) is 11.5 Å². The molecule has 78 valence electrons. The largest absolute Gasteiger partial charge is 0.628 e. The van der Waals surface area contributed by atoms with Crippen LogP contribution in [0.15, 0.2) is 36.3 Å². The van der Waals surface area contributed by atoms with E-state index >= 15 is 0 Å². The predicted octanol–water partition coefficient (Wildman–Crippen LogP) is 3.09. The van der Waals surface area contributed by atoms with Crippen LogP contribution in [0, 0.1) is 5.41 Å². The van der Waals surface area contributed by atoms with Gasteiger partial charge in [0.05, 0.1) is 0 Å². The van der Waals surface area contributed by atoms with E-state index in [4.69, 9.17) is 9.31 Å². The van der Waals surface area contributed by atoms with E-state index in [-0.39, 0.29) is 12.5 Å². The molecule has 0 unspecified atom stereocenters. The number of fused-ring (bicyclic) bond motifs is 1. The van der Waals surface area contributed by atoms with Gasteiger partial charge in [0.15, 0.2) is 0 Å². The third-order valence-electron chi connectivity index (χ3n) is 2.57. The molecule has 1 aliphatic heterocycles. The molecule has 0 atom stereocenters. The Morgan fingerprint density at radius 2 is 1.60 bits per heavy atom. The average molecular weight is 202 g/mol. The van der Waals surface area contributed by atoms with Gasteiger partial charge in [0.25, 0.3) is 0 Å². The van der Waals surface area contributed by atoms with Crippen molar-refractivity contribution in [3.8, 4) is 11.5 Å². The number of allylic oxidation sites excluding steroid dienone is 1. The molecule has 0 saturated carbocycles. The summed E-state index contributed by atoms with van der Waals surface area (Å²) >= 11 is 0. The normalized spacial score (nSPS) is 14.2. The standard InChI is InChI=1S/C12H15BO2/c1-9(12(2,3)4)13-14-10-7-5-6-8-11(10)15-13/h5-8H,1H2,2-4H3. The lowest BCUT2D eigenvalue weighted by molar-refractivity contribution is 0.458. The predicted molar refractivity (Wildman–Crippen MR) is 62.0 cm³/mol. The first-order valence-electron chi connectivity index (χ1n) is 5.10. The summed E-state index contributed by atoms with van der Waals surface area (Å²) < 4.78 is 11.3. The smallest absolute Gasteiger partial charge is 0.519 e. The molecule has 0 bridgehead atoms. The first-order chi connectivity index (χ1) is 6.98. The van der Waals surface area contributed by atoms with Gasteiger partial charge in [-0.1, -0.05) is 32.9 Å². The van der Waals surface area contributed by atoms with Crippen LogP contribution in [0.2, 0.25) is 0 Å². The minimum atomic E-state index is -0.345. The average Bonchev–Trinajstić information content (AvgIpc) is 2.58. The maximum absolute atomic E-state index is 5.67. The molecule has 3 heteroatoms. The minimum absolute atomic E-state index is 0.00723. The molecule has 0 spiro atoms. The molecule has 2 nitrogen and oxygen atoms in total. The van der Waals surface area contributed by atoms with Crippen molar-refractivity contribution in [2.24, 2.45) is 5.41 Å². The fourth-order valence-electron chi connectivity index (χ4n) is 1.40. The quantitative estimate of drug-likeness (QED) is 0.651. The fourth-order valence-corrected chi connectivity index (χ4v) is 1.40. The second-order valence-electron chi connectivity index (χ2n) is 4.79. The third kappa shape index (κ3) is 1.87.